The Morgan fingerprint density at radius 3 is 2.53 bits per heavy atom. The van der Waals surface area contributed by atoms with Gasteiger partial charge in [0.2, 0.25) is 0 Å². The summed E-state index contributed by atoms with van der Waals surface area (Å²) in [5, 5.41) is 0. The largest absolute Gasteiger partial charge is 0.257 e. The number of aliphatic imine (C=N–C) groups is 1. The first-order chi connectivity index (χ1) is 8.06. The molecule has 2 rings (SSSR count). The number of hydrogen-bond acceptors (Lipinski definition) is 2. The lowest BCUT2D eigenvalue weighted by Gasteiger charge is -2.16. The predicted octanol–water partition coefficient (Wildman–Crippen LogP) is 4.58. The molecule has 0 N–H and O–H groups in total. The summed E-state index contributed by atoms with van der Waals surface area (Å²) < 4.78 is 0. The third kappa shape index (κ3) is 2.15. The number of benzene rings is 1. The number of nitrogens with zero attached hydrogens (tertiary/aromatic N) is 1. The second kappa shape index (κ2) is 4.85. The van der Waals surface area contributed by atoms with Gasteiger partial charge in [0.1, 0.15) is 0 Å². The van der Waals surface area contributed by atoms with Gasteiger partial charge in [0.25, 0.3) is 0 Å². The first-order valence-corrected chi connectivity index (χ1v) is 6.89. The summed E-state index contributed by atoms with van der Waals surface area (Å²) in [6.07, 6.45) is 4.63. The lowest BCUT2D eigenvalue weighted by Crippen LogP contribution is -2.00. The van der Waals surface area contributed by atoms with Crippen LogP contribution < -0.4 is 0 Å². The molecule has 92 valence electrons. The van der Waals surface area contributed by atoms with Crippen molar-refractivity contribution in [1.29, 1.82) is 0 Å². The molecule has 1 aliphatic rings. The van der Waals surface area contributed by atoms with Crippen molar-refractivity contribution in [1.82, 2.24) is 0 Å². The Balaban J connectivity index is 2.55. The van der Waals surface area contributed by atoms with Crippen LogP contribution in [0.4, 0.5) is 5.69 Å². The van der Waals surface area contributed by atoms with Crippen LogP contribution in [-0.2, 0) is 12.8 Å². The van der Waals surface area contributed by atoms with E-state index >= 15 is 0 Å². The molecule has 1 heterocycles. The lowest BCUT2D eigenvalue weighted by atomic mass is 9.93. The fourth-order valence-corrected chi connectivity index (χ4v) is 2.96. The van der Waals surface area contributed by atoms with Crippen molar-refractivity contribution >= 4 is 24.0 Å². The van der Waals surface area contributed by atoms with Crippen molar-refractivity contribution in [2.24, 2.45) is 4.99 Å². The fourth-order valence-electron chi connectivity index (χ4n) is 2.54. The highest BCUT2D eigenvalue weighted by molar-refractivity contribution is 7.80. The number of fused-ring (bicyclic) bond motifs is 1. The zero-order valence-electron chi connectivity index (χ0n) is 11.2. The molecule has 0 fully saturated rings. The highest BCUT2D eigenvalue weighted by Crippen LogP contribution is 2.39. The summed E-state index contributed by atoms with van der Waals surface area (Å²) in [5.74, 6) is 0. The number of thiol groups is 1. The normalized spacial score (nSPS) is 13.8. The zero-order chi connectivity index (χ0) is 12.6. The fraction of sp³-hybridized carbons (Fsp3) is 0.533. The van der Waals surface area contributed by atoms with Gasteiger partial charge in [0, 0.05) is 17.0 Å². The van der Waals surface area contributed by atoms with Crippen molar-refractivity contribution in [2.45, 2.75) is 58.3 Å². The number of unbranched alkanes of at least 4 members (excludes halogenated alkanes) is 1. The molecule has 0 aromatic heterocycles. The van der Waals surface area contributed by atoms with E-state index in [0.717, 1.165) is 12.8 Å². The molecule has 0 amide bonds. The highest BCUT2D eigenvalue weighted by atomic mass is 32.1. The van der Waals surface area contributed by atoms with Crippen molar-refractivity contribution in [3.8, 4) is 0 Å². The van der Waals surface area contributed by atoms with E-state index in [1.165, 1.54) is 51.4 Å². The van der Waals surface area contributed by atoms with Crippen LogP contribution in [0.15, 0.2) is 9.89 Å². The number of rotatable bonds is 3. The van der Waals surface area contributed by atoms with Gasteiger partial charge < -0.3 is 0 Å². The third-order valence-corrected chi connectivity index (χ3v) is 4.33. The SMILES string of the molecule is CCCCc1c(S)c(C)c(C)c2c1CC(C)=N2. The smallest absolute Gasteiger partial charge is 0.0700 e. The Morgan fingerprint density at radius 2 is 1.88 bits per heavy atom. The van der Waals surface area contributed by atoms with Crippen molar-refractivity contribution in [2.75, 3.05) is 0 Å². The van der Waals surface area contributed by atoms with E-state index in [9.17, 15) is 0 Å². The van der Waals surface area contributed by atoms with Crippen LogP contribution in [0.3, 0.4) is 0 Å². The van der Waals surface area contributed by atoms with Crippen LogP contribution in [-0.4, -0.2) is 5.71 Å². The van der Waals surface area contributed by atoms with Crippen LogP contribution in [0, 0.1) is 13.8 Å². The quantitative estimate of drug-likeness (QED) is 0.750. The van der Waals surface area contributed by atoms with Crippen LogP contribution in [0.1, 0.15) is 48.9 Å². The molecule has 0 saturated carbocycles. The maximum atomic E-state index is 4.73. The molecule has 0 unspecified atom stereocenters. The summed E-state index contributed by atoms with van der Waals surface area (Å²) in [7, 11) is 0. The standard InChI is InChI=1S/C15H21NS/c1-5-6-7-12-13-8-9(2)16-14(13)10(3)11(4)15(12)17/h17H,5-8H2,1-4H3. The van der Waals surface area contributed by atoms with Gasteiger partial charge in [-0.05, 0) is 55.9 Å². The zero-order valence-corrected chi connectivity index (χ0v) is 12.1. The predicted molar refractivity (Wildman–Crippen MR) is 78.3 cm³/mol. The molecule has 0 radical (unpaired) electrons. The van der Waals surface area contributed by atoms with Crippen molar-refractivity contribution in [3.05, 3.63) is 22.3 Å². The molecule has 1 aromatic rings. The van der Waals surface area contributed by atoms with Gasteiger partial charge in [0.05, 0.1) is 5.69 Å². The van der Waals surface area contributed by atoms with Gasteiger partial charge in [-0.15, -0.1) is 12.6 Å². The molecule has 1 aromatic carbocycles. The van der Waals surface area contributed by atoms with E-state index < -0.39 is 0 Å². The van der Waals surface area contributed by atoms with E-state index in [1.807, 2.05) is 0 Å². The first kappa shape index (κ1) is 12.7. The highest BCUT2D eigenvalue weighted by Gasteiger charge is 2.21. The van der Waals surface area contributed by atoms with Crippen LogP contribution in [0.5, 0.6) is 0 Å². The minimum Gasteiger partial charge on any atom is -0.257 e. The molecule has 0 atom stereocenters. The summed E-state index contributed by atoms with van der Waals surface area (Å²) >= 11 is 4.73. The topological polar surface area (TPSA) is 12.4 Å². The molecule has 17 heavy (non-hydrogen) atoms. The maximum Gasteiger partial charge on any atom is 0.0700 e. The minimum atomic E-state index is 1.02. The molecule has 0 bridgehead atoms. The summed E-state index contributed by atoms with van der Waals surface area (Å²) in [6, 6.07) is 0. The third-order valence-electron chi connectivity index (χ3n) is 3.72. The van der Waals surface area contributed by atoms with E-state index in [4.69, 9.17) is 17.6 Å². The van der Waals surface area contributed by atoms with E-state index in [2.05, 4.69) is 27.7 Å². The Labute approximate surface area is 110 Å². The average Bonchev–Trinajstić information content (AvgIpc) is 2.68. The van der Waals surface area contributed by atoms with Crippen LogP contribution in [0.2, 0.25) is 0 Å². The Morgan fingerprint density at radius 1 is 1.18 bits per heavy atom. The van der Waals surface area contributed by atoms with Crippen molar-refractivity contribution < 1.29 is 0 Å². The van der Waals surface area contributed by atoms with Crippen molar-refractivity contribution in [3.63, 3.8) is 0 Å². The van der Waals surface area contributed by atoms with Gasteiger partial charge in [-0.25, -0.2) is 0 Å². The Hall–Kier alpha value is -0.760. The van der Waals surface area contributed by atoms with Gasteiger partial charge in [-0.1, -0.05) is 13.3 Å². The van der Waals surface area contributed by atoms with Gasteiger partial charge in [0.15, 0.2) is 0 Å². The first-order valence-electron chi connectivity index (χ1n) is 6.44. The second-order valence-corrected chi connectivity index (χ2v) is 5.48. The minimum absolute atomic E-state index is 1.02. The summed E-state index contributed by atoms with van der Waals surface area (Å²) in [5.41, 5.74) is 7.94. The summed E-state index contributed by atoms with van der Waals surface area (Å²) in [6.45, 7) is 8.69. The monoisotopic (exact) mass is 247 g/mol. The van der Waals surface area contributed by atoms with E-state index in [-0.39, 0.29) is 0 Å². The lowest BCUT2D eigenvalue weighted by molar-refractivity contribution is 0.778. The Kier molecular flexibility index (Phi) is 3.62. The molecular weight excluding hydrogens is 226 g/mol. The molecule has 1 nitrogen and oxygen atoms in total. The molecule has 0 spiro atoms. The molecule has 0 saturated heterocycles. The Bertz CT molecular complexity index is 486. The second-order valence-electron chi connectivity index (χ2n) is 5.03. The van der Waals surface area contributed by atoms with Gasteiger partial charge in [-0.2, -0.15) is 0 Å². The molecule has 1 aliphatic heterocycles. The van der Waals surface area contributed by atoms with Crippen LogP contribution >= 0.6 is 12.6 Å². The van der Waals surface area contributed by atoms with E-state index in [1.54, 1.807) is 0 Å². The average molecular weight is 247 g/mol. The van der Waals surface area contributed by atoms with Crippen LogP contribution in [0.25, 0.3) is 0 Å². The number of hydrogen-bond donors (Lipinski definition) is 1. The molecular formula is C15H21NS. The molecule has 0 aliphatic carbocycles. The maximum absolute atomic E-state index is 4.73. The molecule has 2 heteroatoms. The van der Waals surface area contributed by atoms with Gasteiger partial charge in [-0.3, -0.25) is 4.99 Å². The van der Waals surface area contributed by atoms with Gasteiger partial charge >= 0.3 is 0 Å². The summed E-state index contributed by atoms with van der Waals surface area (Å²) in [4.78, 5) is 5.90. The van der Waals surface area contributed by atoms with E-state index in [0.29, 0.717) is 0 Å².